The average Bonchev–Trinajstić information content (AvgIpc) is 1.53. The van der Waals surface area contributed by atoms with Crippen molar-refractivity contribution in [1.29, 1.82) is 0 Å². The van der Waals surface area contributed by atoms with Gasteiger partial charge < -0.3 is 10.0 Å². The van der Waals surface area contributed by atoms with Gasteiger partial charge in [0.2, 0.25) is 0 Å². The summed E-state index contributed by atoms with van der Waals surface area (Å²) in [5.74, 6) is 0. The van der Waals surface area contributed by atoms with Crippen molar-refractivity contribution < 1.29 is 5.11 Å². The number of rotatable bonds is 4. The van der Waals surface area contributed by atoms with Crippen LogP contribution >= 0.6 is 12.6 Å². The first-order valence-corrected chi connectivity index (χ1v) is 4.31. The van der Waals surface area contributed by atoms with Gasteiger partial charge in [-0.05, 0) is 20.5 Å². The molecule has 2 nitrogen and oxygen atoms in total. The lowest BCUT2D eigenvalue weighted by Gasteiger charge is -2.23. The van der Waals surface area contributed by atoms with E-state index in [1.165, 1.54) is 0 Å². The van der Waals surface area contributed by atoms with Crippen LogP contribution in [0.5, 0.6) is 0 Å². The molecule has 0 amide bonds. The highest BCUT2D eigenvalue weighted by molar-refractivity contribution is 7.81. The SMILES string of the molecule is CN(C)CC(O)CC(C)(C)S. The third-order valence-electron chi connectivity index (χ3n) is 1.31. The molecule has 0 aliphatic carbocycles. The molecule has 0 heterocycles. The fourth-order valence-corrected chi connectivity index (χ4v) is 1.27. The van der Waals surface area contributed by atoms with Gasteiger partial charge in [0, 0.05) is 11.3 Å². The average molecular weight is 177 g/mol. The molecule has 0 saturated carbocycles. The van der Waals surface area contributed by atoms with E-state index in [0.29, 0.717) is 6.54 Å². The lowest BCUT2D eigenvalue weighted by atomic mass is 10.0. The summed E-state index contributed by atoms with van der Waals surface area (Å²) in [7, 11) is 3.91. The Balaban J connectivity index is 3.61. The van der Waals surface area contributed by atoms with E-state index in [9.17, 15) is 5.11 Å². The minimum atomic E-state index is -0.266. The summed E-state index contributed by atoms with van der Waals surface area (Å²) in [6, 6.07) is 0. The third-order valence-corrected chi connectivity index (χ3v) is 1.49. The van der Waals surface area contributed by atoms with Crippen molar-refractivity contribution in [2.45, 2.75) is 31.1 Å². The van der Waals surface area contributed by atoms with Crippen LogP contribution in [0, 0.1) is 0 Å². The second-order valence-corrected chi connectivity index (χ2v) is 5.14. The molecule has 3 heteroatoms. The maximum atomic E-state index is 9.46. The van der Waals surface area contributed by atoms with Gasteiger partial charge in [-0.3, -0.25) is 0 Å². The number of aliphatic hydroxyl groups is 1. The molecule has 0 spiro atoms. The maximum Gasteiger partial charge on any atom is 0.0679 e. The first-order valence-electron chi connectivity index (χ1n) is 3.86. The summed E-state index contributed by atoms with van der Waals surface area (Å²) in [5.41, 5.74) is 0. The molecule has 11 heavy (non-hydrogen) atoms. The van der Waals surface area contributed by atoms with Crippen molar-refractivity contribution in [3.8, 4) is 0 Å². The van der Waals surface area contributed by atoms with E-state index in [-0.39, 0.29) is 10.9 Å². The first-order chi connectivity index (χ1) is 4.81. The van der Waals surface area contributed by atoms with Gasteiger partial charge >= 0.3 is 0 Å². The molecule has 0 rings (SSSR count). The quantitative estimate of drug-likeness (QED) is 0.626. The molecule has 0 aromatic carbocycles. The van der Waals surface area contributed by atoms with Gasteiger partial charge in [0.15, 0.2) is 0 Å². The standard InChI is InChI=1S/C8H19NOS/c1-8(2,11)5-7(10)6-9(3)4/h7,10-11H,5-6H2,1-4H3. The Morgan fingerprint density at radius 1 is 1.45 bits per heavy atom. The summed E-state index contributed by atoms with van der Waals surface area (Å²) in [4.78, 5) is 1.98. The molecule has 0 aromatic heterocycles. The molecule has 1 atom stereocenters. The fourth-order valence-electron chi connectivity index (χ4n) is 1.06. The molecular weight excluding hydrogens is 158 g/mol. The van der Waals surface area contributed by atoms with Crippen LogP contribution in [0.4, 0.5) is 0 Å². The highest BCUT2D eigenvalue weighted by Crippen LogP contribution is 2.19. The Hall–Kier alpha value is 0.270. The molecule has 0 aliphatic rings. The molecule has 0 aromatic rings. The minimum absolute atomic E-state index is 0.0740. The highest BCUT2D eigenvalue weighted by atomic mass is 32.1. The zero-order valence-electron chi connectivity index (χ0n) is 7.83. The molecule has 0 radical (unpaired) electrons. The van der Waals surface area contributed by atoms with E-state index < -0.39 is 0 Å². The Kier molecular flexibility index (Phi) is 4.44. The Morgan fingerprint density at radius 3 is 2.18 bits per heavy atom. The van der Waals surface area contributed by atoms with Crippen LogP contribution in [-0.2, 0) is 0 Å². The van der Waals surface area contributed by atoms with Crippen LogP contribution in [0.3, 0.4) is 0 Å². The molecule has 1 unspecified atom stereocenters. The molecule has 0 bridgehead atoms. The topological polar surface area (TPSA) is 23.5 Å². The number of nitrogens with zero attached hydrogens (tertiary/aromatic N) is 1. The zero-order valence-corrected chi connectivity index (χ0v) is 8.73. The Morgan fingerprint density at radius 2 is 1.91 bits per heavy atom. The van der Waals surface area contributed by atoms with E-state index >= 15 is 0 Å². The summed E-state index contributed by atoms with van der Waals surface area (Å²) < 4.78 is -0.0740. The third kappa shape index (κ3) is 8.17. The fraction of sp³-hybridized carbons (Fsp3) is 1.00. The van der Waals surface area contributed by atoms with Crippen molar-refractivity contribution in [2.24, 2.45) is 0 Å². The summed E-state index contributed by atoms with van der Waals surface area (Å²) in [6.45, 7) is 4.73. The second kappa shape index (κ2) is 4.33. The van der Waals surface area contributed by atoms with Gasteiger partial charge in [0.25, 0.3) is 0 Å². The number of hydrogen-bond donors (Lipinski definition) is 2. The predicted octanol–water partition coefficient (Wildman–Crippen LogP) is 1.01. The summed E-state index contributed by atoms with van der Waals surface area (Å²) in [5, 5.41) is 9.46. The highest BCUT2D eigenvalue weighted by Gasteiger charge is 2.17. The van der Waals surface area contributed by atoms with Gasteiger partial charge in [-0.25, -0.2) is 0 Å². The van der Waals surface area contributed by atoms with Gasteiger partial charge in [0.1, 0.15) is 0 Å². The molecular formula is C8H19NOS. The largest absolute Gasteiger partial charge is 0.392 e. The van der Waals surface area contributed by atoms with E-state index in [1.807, 2.05) is 32.8 Å². The lowest BCUT2D eigenvalue weighted by molar-refractivity contribution is 0.121. The van der Waals surface area contributed by atoms with Crippen LogP contribution in [-0.4, -0.2) is 41.5 Å². The van der Waals surface area contributed by atoms with E-state index in [2.05, 4.69) is 12.6 Å². The molecule has 0 saturated heterocycles. The van der Waals surface area contributed by atoms with E-state index in [0.717, 1.165) is 6.42 Å². The zero-order chi connectivity index (χ0) is 9.07. The van der Waals surface area contributed by atoms with Crippen LogP contribution in [0.1, 0.15) is 20.3 Å². The first kappa shape index (κ1) is 11.3. The molecule has 0 aliphatic heterocycles. The van der Waals surface area contributed by atoms with Crippen molar-refractivity contribution in [3.05, 3.63) is 0 Å². The number of thiol groups is 1. The second-order valence-electron chi connectivity index (χ2n) is 3.93. The van der Waals surface area contributed by atoms with Crippen molar-refractivity contribution >= 4 is 12.6 Å². The smallest absolute Gasteiger partial charge is 0.0679 e. The van der Waals surface area contributed by atoms with Crippen molar-refractivity contribution in [2.75, 3.05) is 20.6 Å². The Labute approximate surface area is 75.0 Å². The number of hydrogen-bond acceptors (Lipinski definition) is 3. The van der Waals surface area contributed by atoms with E-state index in [1.54, 1.807) is 0 Å². The molecule has 68 valence electrons. The van der Waals surface area contributed by atoms with E-state index in [4.69, 9.17) is 0 Å². The normalized spacial score (nSPS) is 15.5. The van der Waals surface area contributed by atoms with Crippen molar-refractivity contribution in [1.82, 2.24) is 4.90 Å². The van der Waals surface area contributed by atoms with Crippen LogP contribution in [0.2, 0.25) is 0 Å². The van der Waals surface area contributed by atoms with Gasteiger partial charge in [0.05, 0.1) is 6.10 Å². The Bertz CT molecular complexity index is 109. The van der Waals surface area contributed by atoms with Crippen LogP contribution in [0.15, 0.2) is 0 Å². The minimum Gasteiger partial charge on any atom is -0.392 e. The number of aliphatic hydroxyl groups excluding tert-OH is 1. The van der Waals surface area contributed by atoms with Gasteiger partial charge in [-0.1, -0.05) is 13.8 Å². The number of likely N-dealkylation sites (N-methyl/N-ethyl adjacent to an activating group) is 1. The van der Waals surface area contributed by atoms with Gasteiger partial charge in [-0.2, -0.15) is 12.6 Å². The van der Waals surface area contributed by atoms with Crippen molar-refractivity contribution in [3.63, 3.8) is 0 Å². The van der Waals surface area contributed by atoms with Crippen LogP contribution < -0.4 is 0 Å². The van der Waals surface area contributed by atoms with Gasteiger partial charge in [-0.15, -0.1) is 0 Å². The summed E-state index contributed by atoms with van der Waals surface area (Å²) >= 11 is 4.34. The lowest BCUT2D eigenvalue weighted by Crippen LogP contribution is -2.30. The summed E-state index contributed by atoms with van der Waals surface area (Å²) in [6.07, 6.45) is 0.464. The molecule has 1 N–H and O–H groups in total. The monoisotopic (exact) mass is 177 g/mol. The molecule has 0 fully saturated rings. The predicted molar refractivity (Wildman–Crippen MR) is 52.2 cm³/mol. The van der Waals surface area contributed by atoms with Crippen LogP contribution in [0.25, 0.3) is 0 Å². The maximum absolute atomic E-state index is 9.46.